The number of rotatable bonds is 5. The number of aromatic nitrogens is 4. The Hall–Kier alpha value is -3.42. The van der Waals surface area contributed by atoms with E-state index >= 15 is 0 Å². The van der Waals surface area contributed by atoms with Gasteiger partial charge in [-0.25, -0.2) is 4.98 Å². The van der Waals surface area contributed by atoms with E-state index < -0.39 is 0 Å². The first kappa shape index (κ1) is 18.6. The van der Waals surface area contributed by atoms with E-state index in [1.54, 1.807) is 17.1 Å². The van der Waals surface area contributed by atoms with E-state index in [1.807, 2.05) is 53.0 Å². The first-order valence-corrected chi connectivity index (χ1v) is 10.3. The van der Waals surface area contributed by atoms with Crippen LogP contribution in [0, 0.1) is 5.92 Å². The number of carbonyl (C=O) groups excluding carboxylic acids is 2. The lowest BCUT2D eigenvalue weighted by molar-refractivity contribution is -0.135. The number of nitrogens with one attached hydrogen (secondary N) is 1. The predicted octanol–water partition coefficient (Wildman–Crippen LogP) is 1.89. The van der Waals surface area contributed by atoms with Crippen molar-refractivity contribution in [3.63, 3.8) is 0 Å². The summed E-state index contributed by atoms with van der Waals surface area (Å²) in [6, 6.07) is 9.67. The fourth-order valence-electron chi connectivity index (χ4n) is 4.02. The van der Waals surface area contributed by atoms with Gasteiger partial charge in [-0.15, -0.1) is 0 Å². The number of fused-ring (bicyclic) bond motifs is 1. The quantitative estimate of drug-likeness (QED) is 0.704. The van der Waals surface area contributed by atoms with Crippen LogP contribution >= 0.6 is 0 Å². The number of hydrogen-bond acceptors (Lipinski definition) is 4. The normalized spacial score (nSPS) is 18.2. The highest BCUT2D eigenvalue weighted by molar-refractivity contribution is 5.92. The number of amides is 2. The number of hydrogen-bond donors (Lipinski definition) is 1. The summed E-state index contributed by atoms with van der Waals surface area (Å²) < 4.78 is 3.71. The van der Waals surface area contributed by atoms with E-state index in [1.165, 1.54) is 0 Å². The Kier molecular flexibility index (Phi) is 4.61. The largest absolute Gasteiger partial charge is 0.346 e. The maximum atomic E-state index is 13.0. The molecule has 1 aliphatic carbocycles. The second-order valence-corrected chi connectivity index (χ2v) is 8.00. The van der Waals surface area contributed by atoms with E-state index in [0.717, 1.165) is 29.8 Å². The third kappa shape index (κ3) is 3.49. The zero-order chi connectivity index (χ0) is 20.7. The third-order valence-corrected chi connectivity index (χ3v) is 5.71. The van der Waals surface area contributed by atoms with Gasteiger partial charge >= 0.3 is 0 Å². The predicted molar refractivity (Wildman–Crippen MR) is 109 cm³/mol. The van der Waals surface area contributed by atoms with Crippen LogP contribution in [0.3, 0.4) is 0 Å². The monoisotopic (exact) mass is 404 g/mol. The van der Waals surface area contributed by atoms with Crippen molar-refractivity contribution in [3.8, 4) is 0 Å². The Morgan fingerprint density at radius 1 is 1.13 bits per heavy atom. The molecule has 154 valence electrons. The first-order valence-electron chi connectivity index (χ1n) is 10.3. The molecule has 1 aliphatic heterocycles. The summed E-state index contributed by atoms with van der Waals surface area (Å²) in [6.45, 7) is 1.65. The van der Waals surface area contributed by atoms with Crippen molar-refractivity contribution >= 4 is 11.8 Å². The van der Waals surface area contributed by atoms with E-state index in [2.05, 4.69) is 15.4 Å². The van der Waals surface area contributed by atoms with Gasteiger partial charge in [0.05, 0.1) is 6.20 Å². The fraction of sp³-hybridized carbons (Fsp3) is 0.364. The molecule has 3 heterocycles. The molecule has 2 aliphatic rings. The standard InChI is InChI=1S/C22H24N6O2/c1-26-13-15(12-24-26)11-23-21(29)18-14-27-9-10-28(22(30)17-7-8-17)19(20(27)25-18)16-5-3-2-4-6-16/h2-6,12-14,17,19H,7-11H2,1H3,(H,23,29). The second-order valence-electron chi connectivity index (χ2n) is 8.00. The van der Waals surface area contributed by atoms with Crippen molar-refractivity contribution in [2.24, 2.45) is 13.0 Å². The van der Waals surface area contributed by atoms with Gasteiger partial charge in [0.15, 0.2) is 0 Å². The molecule has 2 aromatic heterocycles. The molecule has 1 saturated carbocycles. The zero-order valence-corrected chi connectivity index (χ0v) is 16.9. The van der Waals surface area contributed by atoms with Crippen molar-refractivity contribution in [1.29, 1.82) is 0 Å². The molecule has 0 bridgehead atoms. The van der Waals surface area contributed by atoms with Crippen LogP contribution < -0.4 is 5.32 Å². The molecular formula is C22H24N6O2. The SMILES string of the molecule is Cn1cc(CNC(=O)c2cn3c(n2)C(c2ccccc2)N(C(=O)C2CC2)CC3)cn1. The van der Waals surface area contributed by atoms with Crippen LogP contribution in [-0.4, -0.2) is 42.6 Å². The number of carbonyl (C=O) groups is 2. The molecular weight excluding hydrogens is 380 g/mol. The maximum absolute atomic E-state index is 13.0. The van der Waals surface area contributed by atoms with Crippen LogP contribution in [0.5, 0.6) is 0 Å². The molecule has 5 rings (SSSR count). The number of imidazole rings is 1. The van der Waals surface area contributed by atoms with Crippen molar-refractivity contribution < 1.29 is 9.59 Å². The third-order valence-electron chi connectivity index (χ3n) is 5.71. The summed E-state index contributed by atoms with van der Waals surface area (Å²) in [5, 5.41) is 7.02. The molecule has 1 aromatic carbocycles. The van der Waals surface area contributed by atoms with Gasteiger partial charge in [0, 0.05) is 50.6 Å². The summed E-state index contributed by atoms with van der Waals surface area (Å²) >= 11 is 0. The smallest absolute Gasteiger partial charge is 0.271 e. The van der Waals surface area contributed by atoms with Crippen LogP contribution in [0.25, 0.3) is 0 Å². The van der Waals surface area contributed by atoms with Gasteiger partial charge < -0.3 is 14.8 Å². The van der Waals surface area contributed by atoms with Crippen LogP contribution in [-0.2, 0) is 24.9 Å². The molecule has 1 unspecified atom stereocenters. The molecule has 8 heteroatoms. The molecule has 8 nitrogen and oxygen atoms in total. The topological polar surface area (TPSA) is 85.0 Å². The van der Waals surface area contributed by atoms with Crippen LogP contribution in [0.2, 0.25) is 0 Å². The highest BCUT2D eigenvalue weighted by Crippen LogP contribution is 2.38. The summed E-state index contributed by atoms with van der Waals surface area (Å²) in [5.74, 6) is 0.848. The average molecular weight is 404 g/mol. The lowest BCUT2D eigenvalue weighted by atomic mass is 10.0. The Bertz CT molecular complexity index is 1080. The Morgan fingerprint density at radius 2 is 1.93 bits per heavy atom. The minimum atomic E-state index is -0.270. The summed E-state index contributed by atoms with van der Waals surface area (Å²) in [5.41, 5.74) is 2.31. The molecule has 0 spiro atoms. The molecule has 1 fully saturated rings. The molecule has 0 saturated heterocycles. The van der Waals surface area contributed by atoms with Crippen molar-refractivity contribution in [2.45, 2.75) is 32.0 Å². The van der Waals surface area contributed by atoms with E-state index in [-0.39, 0.29) is 23.8 Å². The van der Waals surface area contributed by atoms with Gasteiger partial charge in [0.2, 0.25) is 5.91 Å². The van der Waals surface area contributed by atoms with Gasteiger partial charge in [-0.3, -0.25) is 14.3 Å². The van der Waals surface area contributed by atoms with E-state index in [4.69, 9.17) is 0 Å². The molecule has 30 heavy (non-hydrogen) atoms. The summed E-state index contributed by atoms with van der Waals surface area (Å²) in [6.07, 6.45) is 7.32. The molecule has 1 atom stereocenters. The van der Waals surface area contributed by atoms with E-state index in [9.17, 15) is 9.59 Å². The lowest BCUT2D eigenvalue weighted by Crippen LogP contribution is -2.43. The molecule has 1 N–H and O–H groups in total. The van der Waals surface area contributed by atoms with Gasteiger partial charge in [0.1, 0.15) is 17.6 Å². The van der Waals surface area contributed by atoms with Crippen molar-refractivity contribution in [1.82, 2.24) is 29.5 Å². The van der Waals surface area contributed by atoms with E-state index in [0.29, 0.717) is 25.3 Å². The highest BCUT2D eigenvalue weighted by Gasteiger charge is 2.40. The fourth-order valence-corrected chi connectivity index (χ4v) is 4.02. The molecule has 2 amide bonds. The van der Waals surface area contributed by atoms with Crippen LogP contribution in [0.1, 0.15) is 46.3 Å². The van der Waals surface area contributed by atoms with Gasteiger partial charge in [-0.2, -0.15) is 5.10 Å². The van der Waals surface area contributed by atoms with Crippen LogP contribution in [0.15, 0.2) is 48.9 Å². The minimum Gasteiger partial charge on any atom is -0.346 e. The number of benzene rings is 1. The van der Waals surface area contributed by atoms with Crippen molar-refractivity contribution in [2.75, 3.05) is 6.54 Å². The zero-order valence-electron chi connectivity index (χ0n) is 16.9. The van der Waals surface area contributed by atoms with Crippen molar-refractivity contribution in [3.05, 3.63) is 71.6 Å². The minimum absolute atomic E-state index is 0.139. The highest BCUT2D eigenvalue weighted by atomic mass is 16.2. The average Bonchev–Trinajstić information content (AvgIpc) is 3.39. The summed E-state index contributed by atoms with van der Waals surface area (Å²) in [7, 11) is 1.84. The second kappa shape index (κ2) is 7.44. The lowest BCUT2D eigenvalue weighted by Gasteiger charge is -2.36. The number of aryl methyl sites for hydroxylation is 1. The van der Waals surface area contributed by atoms with Gasteiger partial charge in [-0.1, -0.05) is 30.3 Å². The Balaban J connectivity index is 1.42. The van der Waals surface area contributed by atoms with Gasteiger partial charge in [-0.05, 0) is 18.4 Å². The Labute approximate surface area is 174 Å². The maximum Gasteiger partial charge on any atom is 0.271 e. The number of nitrogens with zero attached hydrogens (tertiary/aromatic N) is 5. The van der Waals surface area contributed by atoms with Gasteiger partial charge in [0.25, 0.3) is 5.91 Å². The molecule has 3 aromatic rings. The summed E-state index contributed by atoms with van der Waals surface area (Å²) in [4.78, 5) is 32.3. The Morgan fingerprint density at radius 3 is 2.63 bits per heavy atom. The molecule has 0 radical (unpaired) electrons. The first-order chi connectivity index (χ1) is 14.6. The van der Waals surface area contributed by atoms with Crippen LogP contribution in [0.4, 0.5) is 0 Å².